The van der Waals surface area contributed by atoms with Gasteiger partial charge >= 0.3 is 0 Å². The average Bonchev–Trinajstić information content (AvgIpc) is 2.41. The van der Waals surface area contributed by atoms with Crippen molar-refractivity contribution in [2.45, 2.75) is 25.8 Å². The van der Waals surface area contributed by atoms with Gasteiger partial charge in [0, 0.05) is 11.0 Å². The molecule has 0 unspecified atom stereocenters. The summed E-state index contributed by atoms with van der Waals surface area (Å²) in [5.41, 5.74) is 0.459. The number of anilines is 1. The molecule has 1 aliphatic rings. The second kappa shape index (κ2) is 4.78. The van der Waals surface area contributed by atoms with Crippen molar-refractivity contribution >= 4 is 27.5 Å². The number of carbonyl (C=O) groups excluding carboxylic acids is 1. The van der Waals surface area contributed by atoms with E-state index in [0.717, 1.165) is 29.7 Å². The first-order valence-corrected chi connectivity index (χ1v) is 6.63. The van der Waals surface area contributed by atoms with Gasteiger partial charge in [0.05, 0.1) is 11.2 Å². The molecule has 0 radical (unpaired) electrons. The second-order valence-electron chi connectivity index (χ2n) is 4.81. The molecule has 1 fully saturated rings. The number of halogens is 1. The molecule has 0 spiro atoms. The molecule has 4 heteroatoms. The maximum absolute atomic E-state index is 12.5. The van der Waals surface area contributed by atoms with Crippen molar-refractivity contribution in [3.63, 3.8) is 0 Å². The highest BCUT2D eigenvalue weighted by Gasteiger charge is 2.34. The molecule has 0 bridgehead atoms. The lowest BCUT2D eigenvalue weighted by Crippen LogP contribution is -2.51. The van der Waals surface area contributed by atoms with Gasteiger partial charge in [0.1, 0.15) is 0 Å². The van der Waals surface area contributed by atoms with Crippen LogP contribution in [0.2, 0.25) is 0 Å². The third-order valence-electron chi connectivity index (χ3n) is 3.05. The van der Waals surface area contributed by atoms with Crippen molar-refractivity contribution in [1.82, 2.24) is 5.32 Å². The SMILES string of the molecule is CC1(C)NCCCN(c2ccccc2Br)C1=O. The van der Waals surface area contributed by atoms with Crippen LogP contribution in [-0.4, -0.2) is 24.5 Å². The molecule has 92 valence electrons. The zero-order valence-electron chi connectivity index (χ0n) is 10.2. The summed E-state index contributed by atoms with van der Waals surface area (Å²) in [6.45, 7) is 5.51. The zero-order valence-corrected chi connectivity index (χ0v) is 11.8. The molecule has 1 aliphatic heterocycles. The van der Waals surface area contributed by atoms with Crippen LogP contribution in [0.3, 0.4) is 0 Å². The number of hydrogen-bond acceptors (Lipinski definition) is 2. The van der Waals surface area contributed by atoms with Crippen molar-refractivity contribution in [2.24, 2.45) is 0 Å². The first-order chi connectivity index (χ1) is 8.02. The van der Waals surface area contributed by atoms with Crippen LogP contribution >= 0.6 is 15.9 Å². The lowest BCUT2D eigenvalue weighted by atomic mass is 10.0. The number of nitrogens with one attached hydrogen (secondary N) is 1. The van der Waals surface area contributed by atoms with Crippen LogP contribution in [0.25, 0.3) is 0 Å². The molecule has 0 saturated carbocycles. The van der Waals surface area contributed by atoms with E-state index in [4.69, 9.17) is 0 Å². The minimum atomic E-state index is -0.494. The predicted molar refractivity (Wildman–Crippen MR) is 73.2 cm³/mol. The first kappa shape index (κ1) is 12.6. The van der Waals surface area contributed by atoms with E-state index in [0.29, 0.717) is 0 Å². The smallest absolute Gasteiger partial charge is 0.246 e. The number of hydrogen-bond donors (Lipinski definition) is 1. The zero-order chi connectivity index (χ0) is 12.5. The molecular weight excluding hydrogens is 280 g/mol. The molecule has 1 aromatic rings. The van der Waals surface area contributed by atoms with Gasteiger partial charge in [-0.05, 0) is 54.9 Å². The highest BCUT2D eigenvalue weighted by Crippen LogP contribution is 2.28. The predicted octanol–water partition coefficient (Wildman–Crippen LogP) is 2.55. The topological polar surface area (TPSA) is 32.3 Å². The van der Waals surface area contributed by atoms with Crippen LogP contribution in [0.4, 0.5) is 5.69 Å². The monoisotopic (exact) mass is 296 g/mol. The molecule has 0 atom stereocenters. The van der Waals surface area contributed by atoms with Gasteiger partial charge in [0.2, 0.25) is 5.91 Å². The second-order valence-corrected chi connectivity index (χ2v) is 5.67. The Balaban J connectivity index is 2.37. The number of amides is 1. The molecular formula is C13H17BrN2O. The fraction of sp³-hybridized carbons (Fsp3) is 0.462. The van der Waals surface area contributed by atoms with Crippen LogP contribution in [0.15, 0.2) is 28.7 Å². The van der Waals surface area contributed by atoms with Gasteiger partial charge in [-0.1, -0.05) is 12.1 Å². The lowest BCUT2D eigenvalue weighted by molar-refractivity contribution is -0.123. The van der Waals surface area contributed by atoms with Gasteiger partial charge in [-0.15, -0.1) is 0 Å². The van der Waals surface area contributed by atoms with Crippen molar-refractivity contribution < 1.29 is 4.79 Å². The van der Waals surface area contributed by atoms with Crippen LogP contribution in [0.5, 0.6) is 0 Å². The van der Waals surface area contributed by atoms with E-state index in [2.05, 4.69) is 21.2 Å². The molecule has 1 amide bonds. The number of para-hydroxylation sites is 1. The third-order valence-corrected chi connectivity index (χ3v) is 3.72. The normalized spacial score (nSPS) is 20.2. The summed E-state index contributed by atoms with van der Waals surface area (Å²) in [5, 5.41) is 3.28. The molecule has 2 rings (SSSR count). The largest absolute Gasteiger partial charge is 0.310 e. The Labute approximate surface area is 110 Å². The van der Waals surface area contributed by atoms with Crippen molar-refractivity contribution in [3.05, 3.63) is 28.7 Å². The highest BCUT2D eigenvalue weighted by atomic mass is 79.9. The van der Waals surface area contributed by atoms with Crippen LogP contribution in [0, 0.1) is 0 Å². The third kappa shape index (κ3) is 2.53. The molecule has 1 N–H and O–H groups in total. The maximum Gasteiger partial charge on any atom is 0.246 e. The van der Waals surface area contributed by atoms with Crippen molar-refractivity contribution in [2.75, 3.05) is 18.0 Å². The molecule has 0 aliphatic carbocycles. The van der Waals surface area contributed by atoms with Crippen molar-refractivity contribution in [3.8, 4) is 0 Å². The van der Waals surface area contributed by atoms with Gasteiger partial charge in [-0.2, -0.15) is 0 Å². The van der Waals surface area contributed by atoms with Crippen LogP contribution < -0.4 is 10.2 Å². The number of benzene rings is 1. The van der Waals surface area contributed by atoms with Gasteiger partial charge in [0.25, 0.3) is 0 Å². The molecule has 1 heterocycles. The molecule has 1 saturated heterocycles. The van der Waals surface area contributed by atoms with Gasteiger partial charge in [-0.3, -0.25) is 4.79 Å². The standard InChI is InChI=1S/C13H17BrN2O/c1-13(2)12(17)16(9-5-8-15-13)11-7-4-3-6-10(11)14/h3-4,6-7,15H,5,8-9H2,1-2H3. The van der Waals surface area contributed by atoms with E-state index >= 15 is 0 Å². The molecule has 1 aromatic carbocycles. The highest BCUT2D eigenvalue weighted by molar-refractivity contribution is 9.10. The Hall–Kier alpha value is -0.870. The van der Waals surface area contributed by atoms with E-state index in [-0.39, 0.29) is 5.91 Å². The van der Waals surface area contributed by atoms with Gasteiger partial charge in [-0.25, -0.2) is 0 Å². The fourth-order valence-corrected chi connectivity index (χ4v) is 2.55. The Morgan fingerprint density at radius 2 is 2.06 bits per heavy atom. The van der Waals surface area contributed by atoms with E-state index < -0.39 is 5.54 Å². The summed E-state index contributed by atoms with van der Waals surface area (Å²) in [6, 6.07) is 7.86. The summed E-state index contributed by atoms with van der Waals surface area (Å²) in [4.78, 5) is 14.3. The summed E-state index contributed by atoms with van der Waals surface area (Å²) in [5.74, 6) is 0.127. The summed E-state index contributed by atoms with van der Waals surface area (Å²) in [7, 11) is 0. The fourth-order valence-electron chi connectivity index (χ4n) is 2.05. The Morgan fingerprint density at radius 3 is 2.76 bits per heavy atom. The molecule has 3 nitrogen and oxygen atoms in total. The Morgan fingerprint density at radius 1 is 1.35 bits per heavy atom. The molecule has 0 aromatic heterocycles. The summed E-state index contributed by atoms with van der Waals surface area (Å²) >= 11 is 3.51. The van der Waals surface area contributed by atoms with E-state index in [9.17, 15) is 4.79 Å². The number of carbonyl (C=O) groups is 1. The average molecular weight is 297 g/mol. The minimum absolute atomic E-state index is 0.127. The van der Waals surface area contributed by atoms with E-state index in [1.807, 2.05) is 43.0 Å². The molecule has 17 heavy (non-hydrogen) atoms. The number of nitrogens with zero attached hydrogens (tertiary/aromatic N) is 1. The maximum atomic E-state index is 12.5. The minimum Gasteiger partial charge on any atom is -0.310 e. The van der Waals surface area contributed by atoms with Gasteiger partial charge in [0.15, 0.2) is 0 Å². The summed E-state index contributed by atoms with van der Waals surface area (Å²) in [6.07, 6.45) is 0.969. The van der Waals surface area contributed by atoms with Crippen LogP contribution in [-0.2, 0) is 4.79 Å². The lowest BCUT2D eigenvalue weighted by Gasteiger charge is -2.29. The summed E-state index contributed by atoms with van der Waals surface area (Å²) < 4.78 is 0.964. The van der Waals surface area contributed by atoms with Gasteiger partial charge < -0.3 is 10.2 Å². The first-order valence-electron chi connectivity index (χ1n) is 5.84. The number of rotatable bonds is 1. The van der Waals surface area contributed by atoms with E-state index in [1.54, 1.807) is 0 Å². The Bertz CT molecular complexity index is 431. The quantitative estimate of drug-likeness (QED) is 0.864. The Kier molecular flexibility index (Phi) is 3.54. The van der Waals surface area contributed by atoms with Crippen molar-refractivity contribution in [1.29, 1.82) is 0 Å². The van der Waals surface area contributed by atoms with E-state index in [1.165, 1.54) is 0 Å². The van der Waals surface area contributed by atoms with Crippen LogP contribution in [0.1, 0.15) is 20.3 Å².